The van der Waals surface area contributed by atoms with Crippen molar-refractivity contribution in [1.29, 1.82) is 0 Å². The number of alkyl halides is 3. The Morgan fingerprint density at radius 1 is 1.00 bits per heavy atom. The zero-order chi connectivity index (χ0) is 21.6. The molecule has 158 valence electrons. The van der Waals surface area contributed by atoms with Crippen molar-refractivity contribution in [3.8, 4) is 22.5 Å². The zero-order valence-corrected chi connectivity index (χ0v) is 16.4. The standard InChI is InChI=1S/C23H18F3N3O2/c24-23(25,26)17-6-3-15(4-7-17)16-5-8-18-11-19(22(30)28-9-1-2-10-28)21(29(18)12-16)20-13-31-14-27-20/h3-8,11-14H,1-2,9-10H2. The quantitative estimate of drug-likeness (QED) is 0.435. The lowest BCUT2D eigenvalue weighted by Crippen LogP contribution is -2.27. The van der Waals surface area contributed by atoms with Crippen LogP contribution in [0.4, 0.5) is 13.2 Å². The topological polar surface area (TPSA) is 50.8 Å². The number of rotatable bonds is 3. The molecule has 1 amide bonds. The minimum absolute atomic E-state index is 0.0599. The lowest BCUT2D eigenvalue weighted by Gasteiger charge is -2.15. The molecule has 0 radical (unpaired) electrons. The van der Waals surface area contributed by atoms with Gasteiger partial charge in [0.15, 0.2) is 6.39 Å². The first-order valence-corrected chi connectivity index (χ1v) is 9.92. The normalized spacial score (nSPS) is 14.5. The maximum Gasteiger partial charge on any atom is 0.416 e. The smallest absolute Gasteiger partial charge is 0.416 e. The van der Waals surface area contributed by atoms with Gasteiger partial charge < -0.3 is 13.7 Å². The van der Waals surface area contributed by atoms with Crippen LogP contribution < -0.4 is 0 Å². The average Bonchev–Trinajstić information content (AvgIpc) is 3.52. The summed E-state index contributed by atoms with van der Waals surface area (Å²) in [6, 6.07) is 10.5. The number of carbonyl (C=O) groups is 1. The fourth-order valence-corrected chi connectivity index (χ4v) is 4.04. The van der Waals surface area contributed by atoms with Gasteiger partial charge >= 0.3 is 6.18 Å². The summed E-state index contributed by atoms with van der Waals surface area (Å²) in [5.41, 5.74) is 3.11. The number of hydrogen-bond donors (Lipinski definition) is 0. The van der Waals surface area contributed by atoms with Crippen molar-refractivity contribution >= 4 is 11.4 Å². The summed E-state index contributed by atoms with van der Waals surface area (Å²) >= 11 is 0. The third-order valence-corrected chi connectivity index (χ3v) is 5.61. The second kappa shape index (κ2) is 7.30. The lowest BCUT2D eigenvalue weighted by molar-refractivity contribution is -0.137. The van der Waals surface area contributed by atoms with Gasteiger partial charge in [0.1, 0.15) is 12.0 Å². The third-order valence-electron chi connectivity index (χ3n) is 5.61. The largest absolute Gasteiger partial charge is 0.451 e. The van der Waals surface area contributed by atoms with Crippen LogP contribution in [0.1, 0.15) is 28.8 Å². The number of halogens is 3. The lowest BCUT2D eigenvalue weighted by atomic mass is 10.1. The highest BCUT2D eigenvalue weighted by Crippen LogP contribution is 2.33. The van der Waals surface area contributed by atoms with Gasteiger partial charge in [-0.2, -0.15) is 13.2 Å². The molecule has 0 spiro atoms. The summed E-state index contributed by atoms with van der Waals surface area (Å²) in [6.07, 6.45) is 2.18. The molecule has 0 N–H and O–H groups in total. The first kappa shape index (κ1) is 19.4. The molecule has 3 aromatic heterocycles. The van der Waals surface area contributed by atoms with E-state index in [1.807, 2.05) is 33.7 Å². The highest BCUT2D eigenvalue weighted by molar-refractivity contribution is 6.02. The number of fused-ring (bicyclic) bond motifs is 1. The molecule has 0 atom stereocenters. The first-order valence-electron chi connectivity index (χ1n) is 9.92. The molecule has 4 aromatic rings. The maximum atomic E-state index is 13.2. The molecular formula is C23H18F3N3O2. The van der Waals surface area contributed by atoms with Crippen LogP contribution >= 0.6 is 0 Å². The van der Waals surface area contributed by atoms with Crippen molar-refractivity contribution in [3.63, 3.8) is 0 Å². The Labute approximate surface area is 175 Å². The van der Waals surface area contributed by atoms with Crippen LogP contribution in [-0.4, -0.2) is 33.3 Å². The number of amides is 1. The summed E-state index contributed by atoms with van der Waals surface area (Å²) in [7, 11) is 0. The van der Waals surface area contributed by atoms with Crippen LogP contribution in [0.15, 0.2) is 65.7 Å². The molecule has 4 heterocycles. The van der Waals surface area contributed by atoms with E-state index in [2.05, 4.69) is 4.98 Å². The van der Waals surface area contributed by atoms with Crippen molar-refractivity contribution in [3.05, 3.63) is 72.4 Å². The van der Waals surface area contributed by atoms with E-state index in [-0.39, 0.29) is 5.91 Å². The van der Waals surface area contributed by atoms with Gasteiger partial charge in [-0.05, 0) is 48.2 Å². The number of benzene rings is 1. The van der Waals surface area contributed by atoms with E-state index in [1.54, 1.807) is 0 Å². The van der Waals surface area contributed by atoms with E-state index < -0.39 is 11.7 Å². The molecule has 0 bridgehead atoms. The van der Waals surface area contributed by atoms with Crippen molar-refractivity contribution in [2.24, 2.45) is 0 Å². The first-order chi connectivity index (χ1) is 14.9. The van der Waals surface area contributed by atoms with Crippen LogP contribution in [0.3, 0.4) is 0 Å². The molecule has 0 aliphatic carbocycles. The zero-order valence-electron chi connectivity index (χ0n) is 16.4. The fraction of sp³-hybridized carbons (Fsp3) is 0.217. The van der Waals surface area contributed by atoms with Crippen LogP contribution in [0.25, 0.3) is 28.0 Å². The van der Waals surface area contributed by atoms with E-state index in [1.165, 1.54) is 24.8 Å². The Balaban J connectivity index is 1.62. The summed E-state index contributed by atoms with van der Waals surface area (Å²) in [6.45, 7) is 1.44. The second-order valence-corrected chi connectivity index (χ2v) is 7.57. The predicted molar refractivity (Wildman–Crippen MR) is 108 cm³/mol. The van der Waals surface area contributed by atoms with Crippen molar-refractivity contribution in [2.75, 3.05) is 13.1 Å². The Kier molecular flexibility index (Phi) is 4.57. The number of pyridine rings is 1. The van der Waals surface area contributed by atoms with Gasteiger partial charge in [0.25, 0.3) is 5.91 Å². The molecule has 31 heavy (non-hydrogen) atoms. The van der Waals surface area contributed by atoms with E-state index in [9.17, 15) is 18.0 Å². The molecule has 8 heteroatoms. The molecule has 1 aliphatic heterocycles. The van der Waals surface area contributed by atoms with Gasteiger partial charge in [-0.15, -0.1) is 0 Å². The Hall–Kier alpha value is -3.55. The van der Waals surface area contributed by atoms with Gasteiger partial charge in [0, 0.05) is 24.8 Å². The van der Waals surface area contributed by atoms with Crippen molar-refractivity contribution in [1.82, 2.24) is 14.3 Å². The number of carbonyl (C=O) groups excluding carboxylic acids is 1. The minimum atomic E-state index is -4.38. The number of hydrogen-bond acceptors (Lipinski definition) is 3. The maximum absolute atomic E-state index is 13.2. The number of oxazole rings is 1. The summed E-state index contributed by atoms with van der Waals surface area (Å²) in [4.78, 5) is 19.2. The predicted octanol–water partition coefficient (Wildman–Crippen LogP) is 5.52. The van der Waals surface area contributed by atoms with E-state index in [0.717, 1.165) is 49.1 Å². The summed E-state index contributed by atoms with van der Waals surface area (Å²) in [5, 5.41) is 0. The van der Waals surface area contributed by atoms with E-state index >= 15 is 0 Å². The molecule has 1 aromatic carbocycles. The monoisotopic (exact) mass is 425 g/mol. The number of aromatic nitrogens is 2. The Morgan fingerprint density at radius 3 is 2.35 bits per heavy atom. The molecule has 1 aliphatic rings. The van der Waals surface area contributed by atoms with Gasteiger partial charge in [-0.25, -0.2) is 4.98 Å². The molecule has 5 rings (SSSR count). The Morgan fingerprint density at radius 2 is 1.71 bits per heavy atom. The van der Waals surface area contributed by atoms with Gasteiger partial charge in [-0.1, -0.05) is 18.2 Å². The van der Waals surface area contributed by atoms with E-state index in [0.29, 0.717) is 22.5 Å². The van der Waals surface area contributed by atoms with Gasteiger partial charge in [0.05, 0.1) is 16.8 Å². The minimum Gasteiger partial charge on any atom is -0.451 e. The van der Waals surface area contributed by atoms with E-state index in [4.69, 9.17) is 4.42 Å². The van der Waals surface area contributed by atoms with Crippen LogP contribution in [-0.2, 0) is 6.18 Å². The number of likely N-dealkylation sites (tertiary alicyclic amines) is 1. The summed E-state index contributed by atoms with van der Waals surface area (Å²) < 4.78 is 45.7. The molecule has 0 unspecified atom stereocenters. The molecule has 1 saturated heterocycles. The highest BCUT2D eigenvalue weighted by Gasteiger charge is 2.30. The molecule has 0 saturated carbocycles. The average molecular weight is 425 g/mol. The molecule has 5 nitrogen and oxygen atoms in total. The third kappa shape index (κ3) is 3.48. The van der Waals surface area contributed by atoms with Gasteiger partial charge in [0.2, 0.25) is 0 Å². The van der Waals surface area contributed by atoms with Crippen LogP contribution in [0, 0.1) is 0 Å². The molecule has 1 fully saturated rings. The fourth-order valence-electron chi connectivity index (χ4n) is 4.04. The second-order valence-electron chi connectivity index (χ2n) is 7.57. The van der Waals surface area contributed by atoms with Crippen LogP contribution in [0.5, 0.6) is 0 Å². The van der Waals surface area contributed by atoms with Crippen LogP contribution in [0.2, 0.25) is 0 Å². The Bertz CT molecular complexity index is 1240. The number of nitrogens with zero attached hydrogens (tertiary/aromatic N) is 3. The van der Waals surface area contributed by atoms with Gasteiger partial charge in [-0.3, -0.25) is 4.79 Å². The SMILES string of the molecule is O=C(c1cc2ccc(-c3ccc(C(F)(F)F)cc3)cn2c1-c1cocn1)N1CCCC1. The van der Waals surface area contributed by atoms with Crippen molar-refractivity contribution in [2.45, 2.75) is 19.0 Å². The highest BCUT2D eigenvalue weighted by atomic mass is 19.4. The molecular weight excluding hydrogens is 407 g/mol. The van der Waals surface area contributed by atoms with Crippen molar-refractivity contribution < 1.29 is 22.4 Å². The summed E-state index contributed by atoms with van der Waals surface area (Å²) in [5.74, 6) is -0.0599.